The van der Waals surface area contributed by atoms with E-state index in [2.05, 4.69) is 13.0 Å². The van der Waals surface area contributed by atoms with Crippen LogP contribution in [0.3, 0.4) is 0 Å². The van der Waals surface area contributed by atoms with Crippen LogP contribution in [-0.4, -0.2) is 15.8 Å². The van der Waals surface area contributed by atoms with Crippen LogP contribution in [0.1, 0.15) is 61.8 Å². The van der Waals surface area contributed by atoms with Crippen molar-refractivity contribution in [2.75, 3.05) is 0 Å². The van der Waals surface area contributed by atoms with Crippen LogP contribution < -0.4 is 0 Å². The molecule has 3 nitrogen and oxygen atoms in total. The Kier molecular flexibility index (Phi) is 3.56. The first-order valence-electron chi connectivity index (χ1n) is 10.1. The van der Waals surface area contributed by atoms with Gasteiger partial charge in [-0.2, -0.15) is 0 Å². The van der Waals surface area contributed by atoms with Crippen molar-refractivity contribution < 1.29 is 14.6 Å². The number of hydrogen-bond donors (Lipinski definition) is 2. The van der Waals surface area contributed by atoms with E-state index < -0.39 is 5.60 Å². The second kappa shape index (κ2) is 5.63. The van der Waals surface area contributed by atoms with Crippen LogP contribution >= 0.6 is 0 Å². The van der Waals surface area contributed by atoms with Crippen molar-refractivity contribution in [1.82, 2.24) is 0 Å². The molecule has 138 valence electrons. The van der Waals surface area contributed by atoms with Crippen molar-refractivity contribution in [3.05, 3.63) is 53.5 Å². The zero-order chi connectivity index (χ0) is 17.9. The Morgan fingerprint density at radius 1 is 1.15 bits per heavy atom. The van der Waals surface area contributed by atoms with E-state index in [-0.39, 0.29) is 5.41 Å². The van der Waals surface area contributed by atoms with Gasteiger partial charge in [-0.05, 0) is 97.1 Å². The van der Waals surface area contributed by atoms with Gasteiger partial charge in [0.05, 0.1) is 11.9 Å². The summed E-state index contributed by atoms with van der Waals surface area (Å²) in [6.07, 6.45) is 8.76. The lowest BCUT2D eigenvalue weighted by Gasteiger charge is -2.53. The number of hydrogen-bond acceptors (Lipinski definition) is 3. The van der Waals surface area contributed by atoms with Crippen LogP contribution in [-0.2, 0) is 12.8 Å². The van der Waals surface area contributed by atoms with Gasteiger partial charge >= 0.3 is 0 Å². The van der Waals surface area contributed by atoms with Crippen molar-refractivity contribution in [1.29, 1.82) is 0 Å². The van der Waals surface area contributed by atoms with E-state index in [4.69, 9.17) is 4.42 Å². The Morgan fingerprint density at radius 2 is 2.04 bits per heavy atom. The molecule has 0 aliphatic heterocycles. The minimum absolute atomic E-state index is 0.0324. The number of benzene rings is 1. The predicted molar refractivity (Wildman–Crippen MR) is 100 cm³/mol. The lowest BCUT2D eigenvalue weighted by molar-refractivity contribution is -0.104. The highest BCUT2D eigenvalue weighted by molar-refractivity contribution is 5.40. The van der Waals surface area contributed by atoms with Crippen molar-refractivity contribution in [3.8, 4) is 5.75 Å². The molecule has 5 atom stereocenters. The summed E-state index contributed by atoms with van der Waals surface area (Å²) < 4.78 is 5.57. The predicted octanol–water partition coefficient (Wildman–Crippen LogP) is 4.82. The summed E-state index contributed by atoms with van der Waals surface area (Å²) >= 11 is 0. The highest BCUT2D eigenvalue weighted by Gasteiger charge is 2.61. The molecule has 5 rings (SSSR count). The van der Waals surface area contributed by atoms with Gasteiger partial charge < -0.3 is 14.6 Å². The Labute approximate surface area is 155 Å². The molecule has 1 aromatic heterocycles. The minimum Gasteiger partial charge on any atom is -0.508 e. The largest absolute Gasteiger partial charge is 0.508 e. The van der Waals surface area contributed by atoms with E-state index in [1.54, 1.807) is 6.26 Å². The van der Waals surface area contributed by atoms with Crippen LogP contribution in [0.2, 0.25) is 0 Å². The molecule has 3 heteroatoms. The van der Waals surface area contributed by atoms with Crippen LogP contribution in [0, 0.1) is 17.3 Å². The van der Waals surface area contributed by atoms with Gasteiger partial charge in [0.15, 0.2) is 0 Å². The first-order valence-corrected chi connectivity index (χ1v) is 10.1. The molecule has 2 N–H and O–H groups in total. The molecular weight excluding hydrogens is 324 g/mol. The topological polar surface area (TPSA) is 53.6 Å². The second-order valence-electron chi connectivity index (χ2n) is 9.08. The summed E-state index contributed by atoms with van der Waals surface area (Å²) in [5.74, 6) is 3.10. The van der Waals surface area contributed by atoms with Crippen molar-refractivity contribution in [2.45, 2.75) is 63.4 Å². The average Bonchev–Trinajstić information content (AvgIpc) is 3.21. The Morgan fingerprint density at radius 3 is 2.85 bits per heavy atom. The highest BCUT2D eigenvalue weighted by atomic mass is 16.3. The highest BCUT2D eigenvalue weighted by Crippen LogP contribution is 2.64. The first kappa shape index (κ1) is 16.4. The smallest absolute Gasteiger partial charge is 0.115 e. The summed E-state index contributed by atoms with van der Waals surface area (Å²) in [6.45, 7) is 2.33. The minimum atomic E-state index is -0.657. The molecular formula is C23H28O3. The fraction of sp³-hybridized carbons (Fsp3) is 0.565. The number of aryl methyl sites for hydroxylation is 1. The summed E-state index contributed by atoms with van der Waals surface area (Å²) in [7, 11) is 0. The van der Waals surface area contributed by atoms with Gasteiger partial charge in [-0.15, -0.1) is 0 Å². The van der Waals surface area contributed by atoms with Gasteiger partial charge in [0.1, 0.15) is 11.5 Å². The number of aliphatic hydroxyl groups is 1. The molecule has 3 aliphatic rings. The maximum Gasteiger partial charge on any atom is 0.115 e. The molecule has 2 saturated carbocycles. The van der Waals surface area contributed by atoms with E-state index >= 15 is 0 Å². The summed E-state index contributed by atoms with van der Waals surface area (Å²) in [6, 6.07) is 9.85. The quantitative estimate of drug-likeness (QED) is 0.815. The molecule has 26 heavy (non-hydrogen) atoms. The standard InChI is InChI=1S/C23H28O3/c1-22-10-8-19-18-7-5-16(24)13-15(18)4-6-20(19)21(22)9-11-23(22,25)14-17-3-2-12-26-17/h2-3,5,7,12-13,19-21,24-25H,4,6,8-11,14H2,1H3/t19-,20-,21+,22+,23-/m1/s1. The number of phenolic OH excluding ortho intramolecular Hbond substituents is 1. The van der Waals surface area contributed by atoms with Gasteiger partial charge in [0.25, 0.3) is 0 Å². The van der Waals surface area contributed by atoms with E-state index in [1.807, 2.05) is 24.3 Å². The third-order valence-electron chi connectivity index (χ3n) is 8.08. The number of furan rings is 1. The maximum atomic E-state index is 11.6. The molecule has 0 saturated heterocycles. The van der Waals surface area contributed by atoms with Crippen molar-refractivity contribution in [2.24, 2.45) is 17.3 Å². The second-order valence-corrected chi connectivity index (χ2v) is 9.08. The SMILES string of the molecule is C[C@]12CC[C@@H]3c4ccc(O)cc4CC[C@H]3[C@@H]1CC[C@@]2(O)Cc1ccco1. The fourth-order valence-corrected chi connectivity index (χ4v) is 6.67. The molecule has 3 aliphatic carbocycles. The monoisotopic (exact) mass is 352 g/mol. The zero-order valence-corrected chi connectivity index (χ0v) is 15.4. The summed E-state index contributed by atoms with van der Waals surface area (Å²) in [5.41, 5.74) is 2.09. The van der Waals surface area contributed by atoms with Crippen LogP contribution in [0.5, 0.6) is 5.75 Å². The van der Waals surface area contributed by atoms with E-state index in [9.17, 15) is 10.2 Å². The molecule has 0 radical (unpaired) electrons. The van der Waals surface area contributed by atoms with Crippen LogP contribution in [0.4, 0.5) is 0 Å². The van der Waals surface area contributed by atoms with Crippen molar-refractivity contribution in [3.63, 3.8) is 0 Å². The zero-order valence-electron chi connectivity index (χ0n) is 15.4. The number of fused-ring (bicyclic) bond motifs is 5. The number of rotatable bonds is 2. The first-order chi connectivity index (χ1) is 12.5. The van der Waals surface area contributed by atoms with Gasteiger partial charge in [0.2, 0.25) is 0 Å². The van der Waals surface area contributed by atoms with E-state index in [1.165, 1.54) is 17.5 Å². The lowest BCUT2D eigenvalue weighted by atomic mass is 9.53. The van der Waals surface area contributed by atoms with Gasteiger partial charge in [-0.1, -0.05) is 13.0 Å². The van der Waals surface area contributed by atoms with Gasteiger partial charge in [0, 0.05) is 6.42 Å². The van der Waals surface area contributed by atoms with Crippen LogP contribution in [0.25, 0.3) is 0 Å². The Balaban J connectivity index is 1.46. The summed E-state index contributed by atoms with van der Waals surface area (Å²) in [4.78, 5) is 0. The van der Waals surface area contributed by atoms with Crippen LogP contribution in [0.15, 0.2) is 41.0 Å². The third-order valence-corrected chi connectivity index (χ3v) is 8.08. The molecule has 0 unspecified atom stereocenters. The lowest BCUT2D eigenvalue weighted by Crippen LogP contribution is -2.51. The fourth-order valence-electron chi connectivity index (χ4n) is 6.67. The van der Waals surface area contributed by atoms with Gasteiger partial charge in [-0.25, -0.2) is 0 Å². The summed E-state index contributed by atoms with van der Waals surface area (Å²) in [5, 5.41) is 21.5. The Hall–Kier alpha value is -1.74. The normalized spacial score (nSPS) is 38.5. The molecule has 0 spiro atoms. The van der Waals surface area contributed by atoms with E-state index in [0.717, 1.165) is 37.9 Å². The Bertz CT molecular complexity index is 811. The molecule has 2 fully saturated rings. The molecule has 0 bridgehead atoms. The average molecular weight is 352 g/mol. The third kappa shape index (κ3) is 2.22. The van der Waals surface area contributed by atoms with Gasteiger partial charge in [-0.3, -0.25) is 0 Å². The maximum absolute atomic E-state index is 11.6. The molecule has 0 amide bonds. The van der Waals surface area contributed by atoms with Crippen molar-refractivity contribution >= 4 is 0 Å². The van der Waals surface area contributed by atoms with E-state index in [0.29, 0.717) is 29.9 Å². The number of aromatic hydroxyl groups is 1. The molecule has 1 aromatic carbocycles. The molecule has 2 aromatic rings. The molecule has 1 heterocycles. The number of phenols is 1.